The zero-order valence-electron chi connectivity index (χ0n) is 10.2. The van der Waals surface area contributed by atoms with Crippen LogP contribution in [0.25, 0.3) is 11.0 Å². The average molecular weight is 323 g/mol. The first kappa shape index (κ1) is 14.9. The Morgan fingerprint density at radius 2 is 2.05 bits per heavy atom. The lowest BCUT2D eigenvalue weighted by atomic mass is 9.92. The Balaban J connectivity index is 2.47. The highest BCUT2D eigenvalue weighted by atomic mass is 35.6. The molecular weight excluding hydrogens is 309 g/mol. The smallest absolute Gasteiger partial charge is 0.198 e. The van der Waals surface area contributed by atoms with Crippen molar-refractivity contribution in [2.75, 3.05) is 13.7 Å². The molecule has 0 spiro atoms. The van der Waals surface area contributed by atoms with E-state index in [1.54, 1.807) is 13.3 Å². The molecular formula is C13H14Cl3NO2. The Bertz CT molecular complexity index is 546. The molecule has 0 aliphatic heterocycles. The van der Waals surface area contributed by atoms with Crippen molar-refractivity contribution in [1.82, 2.24) is 5.32 Å². The van der Waals surface area contributed by atoms with Gasteiger partial charge in [0.05, 0.1) is 12.9 Å². The van der Waals surface area contributed by atoms with Gasteiger partial charge in [0.25, 0.3) is 0 Å². The summed E-state index contributed by atoms with van der Waals surface area (Å²) in [6.45, 7) is -0.126. The Labute approximate surface area is 126 Å². The van der Waals surface area contributed by atoms with Gasteiger partial charge in [0.1, 0.15) is 5.58 Å². The lowest BCUT2D eigenvalue weighted by Crippen LogP contribution is -2.41. The van der Waals surface area contributed by atoms with Gasteiger partial charge in [0, 0.05) is 17.3 Å². The molecule has 0 saturated carbocycles. The van der Waals surface area contributed by atoms with Gasteiger partial charge in [-0.1, -0.05) is 40.9 Å². The van der Waals surface area contributed by atoms with Crippen molar-refractivity contribution < 1.29 is 9.52 Å². The molecule has 1 aromatic heterocycles. The standard InChI is InChI=1S/C13H14Cl3NO2/c1-17-10(7-18)12(13(14,15)16)9-2-3-11-8(6-9)4-5-19-11/h2-6,10,12,17-18H,7H2,1H3. The molecule has 1 aromatic carbocycles. The van der Waals surface area contributed by atoms with Crippen molar-refractivity contribution in [3.05, 3.63) is 36.1 Å². The summed E-state index contributed by atoms with van der Waals surface area (Å²) in [6, 6.07) is 7.08. The molecule has 2 aromatic rings. The van der Waals surface area contributed by atoms with E-state index >= 15 is 0 Å². The third-order valence-electron chi connectivity index (χ3n) is 3.16. The SMILES string of the molecule is CNC(CO)C(c1ccc2occc2c1)C(Cl)(Cl)Cl. The van der Waals surface area contributed by atoms with Crippen molar-refractivity contribution in [1.29, 1.82) is 0 Å². The van der Waals surface area contributed by atoms with Crippen LogP contribution in [-0.2, 0) is 0 Å². The van der Waals surface area contributed by atoms with Crippen LogP contribution in [-0.4, -0.2) is 28.6 Å². The van der Waals surface area contributed by atoms with E-state index in [0.29, 0.717) is 0 Å². The summed E-state index contributed by atoms with van der Waals surface area (Å²) in [5.74, 6) is -0.466. The molecule has 2 N–H and O–H groups in total. The number of hydrogen-bond acceptors (Lipinski definition) is 3. The lowest BCUT2D eigenvalue weighted by molar-refractivity contribution is 0.229. The number of benzene rings is 1. The van der Waals surface area contributed by atoms with Crippen molar-refractivity contribution in [3.63, 3.8) is 0 Å². The van der Waals surface area contributed by atoms with Gasteiger partial charge < -0.3 is 14.8 Å². The number of nitrogens with one attached hydrogen (secondary N) is 1. The summed E-state index contributed by atoms with van der Waals surface area (Å²) in [7, 11) is 1.72. The summed E-state index contributed by atoms with van der Waals surface area (Å²) in [5, 5.41) is 13.3. The summed E-state index contributed by atoms with van der Waals surface area (Å²) < 4.78 is 3.77. The molecule has 6 heteroatoms. The zero-order chi connectivity index (χ0) is 14.0. The number of fused-ring (bicyclic) bond motifs is 1. The van der Waals surface area contributed by atoms with Gasteiger partial charge in [-0.3, -0.25) is 0 Å². The van der Waals surface area contributed by atoms with Gasteiger partial charge in [-0.25, -0.2) is 0 Å². The molecule has 0 bridgehead atoms. The summed E-state index contributed by atoms with van der Waals surface area (Å²) in [5.41, 5.74) is 1.61. The van der Waals surface area contributed by atoms with Crippen molar-refractivity contribution >= 4 is 45.8 Å². The minimum atomic E-state index is -1.52. The molecule has 0 saturated heterocycles. The van der Waals surface area contributed by atoms with Gasteiger partial charge in [0.2, 0.25) is 0 Å². The van der Waals surface area contributed by atoms with Crippen LogP contribution in [0.15, 0.2) is 34.9 Å². The predicted molar refractivity (Wildman–Crippen MR) is 79.2 cm³/mol. The highest BCUT2D eigenvalue weighted by molar-refractivity contribution is 6.68. The minimum absolute atomic E-state index is 0.126. The second kappa shape index (κ2) is 5.90. The number of aliphatic hydroxyl groups is 1. The number of furan rings is 1. The molecule has 2 atom stereocenters. The lowest BCUT2D eigenvalue weighted by Gasteiger charge is -2.31. The highest BCUT2D eigenvalue weighted by Crippen LogP contribution is 2.44. The number of aliphatic hydroxyl groups excluding tert-OH is 1. The zero-order valence-corrected chi connectivity index (χ0v) is 12.5. The third-order valence-corrected chi connectivity index (χ3v) is 3.86. The molecule has 2 unspecified atom stereocenters. The fourth-order valence-electron chi connectivity index (χ4n) is 2.19. The number of rotatable bonds is 4. The van der Waals surface area contributed by atoms with E-state index in [-0.39, 0.29) is 12.6 Å². The topological polar surface area (TPSA) is 45.4 Å². The molecule has 0 aliphatic rings. The Morgan fingerprint density at radius 1 is 1.32 bits per heavy atom. The number of halogens is 3. The molecule has 0 fully saturated rings. The first-order valence-corrected chi connectivity index (χ1v) is 6.92. The predicted octanol–water partition coefficient (Wildman–Crippen LogP) is 3.47. The summed E-state index contributed by atoms with van der Waals surface area (Å²) in [6.07, 6.45) is 1.61. The van der Waals surface area contributed by atoms with E-state index in [9.17, 15) is 5.11 Å². The van der Waals surface area contributed by atoms with Gasteiger partial charge in [-0.05, 0) is 30.8 Å². The molecule has 0 aliphatic carbocycles. The van der Waals surface area contributed by atoms with Gasteiger partial charge in [-0.15, -0.1) is 0 Å². The molecule has 104 valence electrons. The van der Waals surface area contributed by atoms with Crippen LogP contribution in [0.2, 0.25) is 0 Å². The van der Waals surface area contributed by atoms with E-state index < -0.39 is 9.71 Å². The van der Waals surface area contributed by atoms with Crippen LogP contribution in [0.4, 0.5) is 0 Å². The maximum absolute atomic E-state index is 9.44. The second-order valence-corrected chi connectivity index (χ2v) is 6.68. The van der Waals surface area contributed by atoms with Crippen molar-refractivity contribution in [3.8, 4) is 0 Å². The largest absolute Gasteiger partial charge is 0.464 e. The number of likely N-dealkylation sites (N-methyl/N-ethyl adjacent to an activating group) is 1. The molecule has 3 nitrogen and oxygen atoms in total. The average Bonchev–Trinajstić information content (AvgIpc) is 2.81. The molecule has 0 radical (unpaired) electrons. The van der Waals surface area contributed by atoms with Gasteiger partial charge in [-0.2, -0.15) is 0 Å². The minimum Gasteiger partial charge on any atom is -0.464 e. The number of hydrogen-bond donors (Lipinski definition) is 2. The van der Waals surface area contributed by atoms with Crippen LogP contribution >= 0.6 is 34.8 Å². The second-order valence-electron chi connectivity index (χ2n) is 4.31. The first-order chi connectivity index (χ1) is 8.97. The monoisotopic (exact) mass is 321 g/mol. The maximum Gasteiger partial charge on any atom is 0.198 e. The van der Waals surface area contributed by atoms with Gasteiger partial charge >= 0.3 is 0 Å². The summed E-state index contributed by atoms with van der Waals surface area (Å²) in [4.78, 5) is 0. The van der Waals surface area contributed by atoms with Crippen LogP contribution in [0, 0.1) is 0 Å². The molecule has 19 heavy (non-hydrogen) atoms. The van der Waals surface area contributed by atoms with Gasteiger partial charge in [0.15, 0.2) is 3.79 Å². The Kier molecular flexibility index (Phi) is 4.64. The molecule has 1 heterocycles. The maximum atomic E-state index is 9.44. The normalized spacial score (nSPS) is 15.6. The van der Waals surface area contributed by atoms with Crippen molar-refractivity contribution in [2.45, 2.75) is 15.8 Å². The Hall–Kier alpha value is -0.450. The van der Waals surface area contributed by atoms with E-state index in [1.165, 1.54) is 0 Å². The number of alkyl halides is 3. The van der Waals surface area contributed by atoms with Crippen LogP contribution in [0.5, 0.6) is 0 Å². The van der Waals surface area contributed by atoms with Crippen LogP contribution < -0.4 is 5.32 Å². The molecule has 2 rings (SSSR count). The fourth-order valence-corrected chi connectivity index (χ4v) is 3.03. The quantitative estimate of drug-likeness (QED) is 0.847. The van der Waals surface area contributed by atoms with E-state index in [1.807, 2.05) is 24.3 Å². The summed E-state index contributed by atoms with van der Waals surface area (Å²) >= 11 is 18.2. The Morgan fingerprint density at radius 3 is 2.63 bits per heavy atom. The van der Waals surface area contributed by atoms with E-state index in [2.05, 4.69) is 5.32 Å². The molecule has 0 amide bonds. The highest BCUT2D eigenvalue weighted by Gasteiger charge is 2.39. The third kappa shape index (κ3) is 3.18. The van der Waals surface area contributed by atoms with Crippen LogP contribution in [0.3, 0.4) is 0 Å². The van der Waals surface area contributed by atoms with Crippen molar-refractivity contribution in [2.24, 2.45) is 0 Å². The fraction of sp³-hybridized carbons (Fsp3) is 0.385. The van der Waals surface area contributed by atoms with E-state index in [4.69, 9.17) is 39.2 Å². The van der Waals surface area contributed by atoms with Crippen LogP contribution in [0.1, 0.15) is 11.5 Å². The first-order valence-electron chi connectivity index (χ1n) is 5.79. The van der Waals surface area contributed by atoms with E-state index in [0.717, 1.165) is 16.5 Å².